The number of rotatable bonds is 8. The van der Waals surface area contributed by atoms with Crippen molar-refractivity contribution in [1.29, 1.82) is 0 Å². The van der Waals surface area contributed by atoms with Crippen molar-refractivity contribution in [3.63, 3.8) is 0 Å². The molecule has 0 aliphatic heterocycles. The zero-order chi connectivity index (χ0) is 17.7. The summed E-state index contributed by atoms with van der Waals surface area (Å²) in [5.41, 5.74) is 1.10. The fourth-order valence-electron chi connectivity index (χ4n) is 2.58. The molecule has 132 valence electrons. The van der Waals surface area contributed by atoms with Crippen LogP contribution in [0.5, 0.6) is 0 Å². The summed E-state index contributed by atoms with van der Waals surface area (Å²) in [7, 11) is 0. The highest BCUT2D eigenvalue weighted by molar-refractivity contribution is 6.04. The van der Waals surface area contributed by atoms with Crippen molar-refractivity contribution >= 4 is 17.5 Å². The van der Waals surface area contributed by atoms with Crippen LogP contribution in [0.4, 0.5) is 5.69 Å². The summed E-state index contributed by atoms with van der Waals surface area (Å²) < 4.78 is 0. The molecule has 0 unspecified atom stereocenters. The smallest absolute Gasteiger partial charge is 0.253 e. The van der Waals surface area contributed by atoms with Crippen LogP contribution in [0.2, 0.25) is 0 Å². The number of anilines is 1. The average molecular weight is 331 g/mol. The first-order valence-corrected chi connectivity index (χ1v) is 8.80. The van der Waals surface area contributed by atoms with Crippen LogP contribution >= 0.6 is 0 Å². The molecule has 1 aliphatic rings. The van der Waals surface area contributed by atoms with Crippen LogP contribution in [-0.4, -0.2) is 41.9 Å². The summed E-state index contributed by atoms with van der Waals surface area (Å²) in [4.78, 5) is 26.9. The number of carbonyl (C=O) groups excluding carboxylic acids is 2. The highest BCUT2D eigenvalue weighted by atomic mass is 16.2. The second-order valence-corrected chi connectivity index (χ2v) is 7.26. The van der Waals surface area contributed by atoms with Crippen LogP contribution in [0.1, 0.15) is 50.9 Å². The fourth-order valence-corrected chi connectivity index (χ4v) is 2.58. The minimum atomic E-state index is -0.115. The monoisotopic (exact) mass is 331 g/mol. The molecule has 0 atom stereocenters. The van der Waals surface area contributed by atoms with E-state index in [1.54, 1.807) is 12.1 Å². The predicted molar refractivity (Wildman–Crippen MR) is 97.1 cm³/mol. The number of para-hydroxylation sites is 1. The van der Waals surface area contributed by atoms with Crippen molar-refractivity contribution in [1.82, 2.24) is 10.2 Å². The molecule has 0 bridgehead atoms. The summed E-state index contributed by atoms with van der Waals surface area (Å²) >= 11 is 0. The predicted octanol–water partition coefficient (Wildman–Crippen LogP) is 2.88. The Balaban J connectivity index is 2.01. The molecule has 0 spiro atoms. The van der Waals surface area contributed by atoms with Crippen LogP contribution in [0, 0.1) is 5.92 Å². The summed E-state index contributed by atoms with van der Waals surface area (Å²) in [6.45, 7) is 9.66. The van der Waals surface area contributed by atoms with Crippen LogP contribution in [-0.2, 0) is 4.79 Å². The lowest BCUT2D eigenvalue weighted by molar-refractivity contribution is -0.117. The molecule has 1 aliphatic carbocycles. The van der Waals surface area contributed by atoms with E-state index in [4.69, 9.17) is 0 Å². The molecule has 0 saturated heterocycles. The van der Waals surface area contributed by atoms with Gasteiger partial charge >= 0.3 is 0 Å². The van der Waals surface area contributed by atoms with E-state index in [0.717, 1.165) is 19.4 Å². The van der Waals surface area contributed by atoms with Gasteiger partial charge in [-0.25, -0.2) is 0 Å². The van der Waals surface area contributed by atoms with Crippen molar-refractivity contribution in [3.05, 3.63) is 29.8 Å². The van der Waals surface area contributed by atoms with Crippen LogP contribution in [0.3, 0.4) is 0 Å². The average Bonchev–Trinajstić information content (AvgIpc) is 3.30. The lowest BCUT2D eigenvalue weighted by Gasteiger charge is -2.27. The van der Waals surface area contributed by atoms with Gasteiger partial charge in [-0.2, -0.15) is 0 Å². The first kappa shape index (κ1) is 18.5. The summed E-state index contributed by atoms with van der Waals surface area (Å²) in [6, 6.07) is 7.77. The Morgan fingerprint density at radius 1 is 1.17 bits per heavy atom. The maximum absolute atomic E-state index is 12.4. The zero-order valence-corrected chi connectivity index (χ0v) is 15.1. The Kier molecular flexibility index (Phi) is 6.37. The molecule has 1 aromatic carbocycles. The quantitative estimate of drug-likeness (QED) is 0.770. The molecule has 0 radical (unpaired) electrons. The zero-order valence-electron chi connectivity index (χ0n) is 15.1. The third-order valence-corrected chi connectivity index (χ3v) is 4.03. The van der Waals surface area contributed by atoms with Crippen molar-refractivity contribution < 1.29 is 9.59 Å². The summed E-state index contributed by atoms with van der Waals surface area (Å²) in [6.07, 6.45) is 2.08. The third-order valence-electron chi connectivity index (χ3n) is 4.03. The molecular weight excluding hydrogens is 302 g/mol. The molecule has 1 fully saturated rings. The number of benzene rings is 1. The van der Waals surface area contributed by atoms with Gasteiger partial charge in [0, 0.05) is 18.6 Å². The van der Waals surface area contributed by atoms with Crippen LogP contribution < -0.4 is 10.6 Å². The minimum Gasteiger partial charge on any atom is -0.349 e. The molecule has 2 N–H and O–H groups in total. The second kappa shape index (κ2) is 8.29. The molecule has 2 rings (SSSR count). The topological polar surface area (TPSA) is 61.4 Å². The lowest BCUT2D eigenvalue weighted by atomic mass is 10.1. The van der Waals surface area contributed by atoms with E-state index in [1.165, 1.54) is 0 Å². The van der Waals surface area contributed by atoms with Crippen LogP contribution in [0.15, 0.2) is 24.3 Å². The van der Waals surface area contributed by atoms with Gasteiger partial charge in [0.25, 0.3) is 5.91 Å². The van der Waals surface area contributed by atoms with E-state index < -0.39 is 0 Å². The normalized spacial score (nSPS) is 14.3. The summed E-state index contributed by atoms with van der Waals surface area (Å²) in [5, 5.41) is 5.87. The fraction of sp³-hybridized carbons (Fsp3) is 0.579. The SMILES string of the molecule is CC(C)CN(CC(=O)Nc1ccccc1C(=O)NC1CC1)C(C)C. The first-order valence-electron chi connectivity index (χ1n) is 8.80. The largest absolute Gasteiger partial charge is 0.349 e. The summed E-state index contributed by atoms with van der Waals surface area (Å²) in [5.74, 6) is 0.295. The highest BCUT2D eigenvalue weighted by Gasteiger charge is 2.25. The van der Waals surface area contributed by atoms with Gasteiger partial charge < -0.3 is 10.6 Å². The third kappa shape index (κ3) is 5.64. The van der Waals surface area contributed by atoms with E-state index in [0.29, 0.717) is 35.8 Å². The Labute approximate surface area is 144 Å². The van der Waals surface area contributed by atoms with Gasteiger partial charge in [-0.05, 0) is 44.7 Å². The number of nitrogens with zero attached hydrogens (tertiary/aromatic N) is 1. The highest BCUT2D eigenvalue weighted by Crippen LogP contribution is 2.21. The molecule has 24 heavy (non-hydrogen) atoms. The first-order chi connectivity index (χ1) is 11.4. The molecule has 1 aromatic rings. The van der Waals surface area contributed by atoms with Gasteiger partial charge in [-0.3, -0.25) is 14.5 Å². The molecule has 5 heteroatoms. The Morgan fingerprint density at radius 2 is 1.83 bits per heavy atom. The van der Waals surface area contributed by atoms with Gasteiger partial charge in [0.1, 0.15) is 0 Å². The maximum atomic E-state index is 12.4. The number of carbonyl (C=O) groups is 2. The van der Waals surface area contributed by atoms with Gasteiger partial charge in [-0.1, -0.05) is 26.0 Å². The van der Waals surface area contributed by atoms with E-state index in [1.807, 2.05) is 12.1 Å². The number of nitrogens with one attached hydrogen (secondary N) is 2. The number of amides is 2. The van der Waals surface area contributed by atoms with Crippen LogP contribution in [0.25, 0.3) is 0 Å². The van der Waals surface area contributed by atoms with Crippen molar-refractivity contribution in [2.24, 2.45) is 5.92 Å². The molecule has 0 heterocycles. The second-order valence-electron chi connectivity index (χ2n) is 7.26. The lowest BCUT2D eigenvalue weighted by Crippen LogP contribution is -2.40. The van der Waals surface area contributed by atoms with E-state index in [9.17, 15) is 9.59 Å². The minimum absolute atomic E-state index is 0.0870. The van der Waals surface area contributed by atoms with Gasteiger partial charge in [-0.15, -0.1) is 0 Å². The van der Waals surface area contributed by atoms with E-state index in [2.05, 4.69) is 43.2 Å². The van der Waals surface area contributed by atoms with E-state index in [-0.39, 0.29) is 11.8 Å². The van der Waals surface area contributed by atoms with Gasteiger partial charge in [0.05, 0.1) is 17.8 Å². The molecule has 2 amide bonds. The Hall–Kier alpha value is -1.88. The van der Waals surface area contributed by atoms with Gasteiger partial charge in [0.15, 0.2) is 0 Å². The van der Waals surface area contributed by atoms with Gasteiger partial charge in [0.2, 0.25) is 5.91 Å². The van der Waals surface area contributed by atoms with Crippen molar-refractivity contribution in [3.8, 4) is 0 Å². The number of hydrogen-bond acceptors (Lipinski definition) is 3. The molecule has 0 aromatic heterocycles. The molecule has 5 nitrogen and oxygen atoms in total. The Bertz CT molecular complexity index is 580. The molecular formula is C19H29N3O2. The molecule has 1 saturated carbocycles. The van der Waals surface area contributed by atoms with Crippen molar-refractivity contribution in [2.45, 2.75) is 52.6 Å². The van der Waals surface area contributed by atoms with E-state index >= 15 is 0 Å². The van der Waals surface area contributed by atoms with Crippen molar-refractivity contribution in [2.75, 3.05) is 18.4 Å². The Morgan fingerprint density at radius 3 is 2.42 bits per heavy atom. The standard InChI is InChI=1S/C19H29N3O2/c1-13(2)11-22(14(3)4)12-18(23)21-17-8-6-5-7-16(17)19(24)20-15-9-10-15/h5-8,13-15H,9-12H2,1-4H3,(H,20,24)(H,21,23). The number of hydrogen-bond donors (Lipinski definition) is 2. The maximum Gasteiger partial charge on any atom is 0.253 e.